The Hall–Kier alpha value is -1.56. The lowest BCUT2D eigenvalue weighted by Gasteiger charge is -2.28. The number of halogens is 1. The number of benzene rings is 2. The first-order chi connectivity index (χ1) is 12.3. The third-order valence-electron chi connectivity index (χ3n) is 4.40. The van der Waals surface area contributed by atoms with Crippen molar-refractivity contribution >= 4 is 50.9 Å². The molecule has 0 spiro atoms. The molecule has 1 aromatic heterocycles. The minimum Gasteiger partial charge on any atom is -0.465 e. The number of ether oxygens (including phenoxy) is 1. The van der Waals surface area contributed by atoms with Gasteiger partial charge in [-0.1, -0.05) is 41.6 Å². The van der Waals surface area contributed by atoms with Crippen molar-refractivity contribution in [3.05, 3.63) is 58.1 Å². The molecule has 0 saturated carbocycles. The summed E-state index contributed by atoms with van der Waals surface area (Å²) in [5, 5.41) is 0.655. The number of aryl methyl sites for hydroxylation is 1. The van der Waals surface area contributed by atoms with Crippen molar-refractivity contribution in [3.63, 3.8) is 0 Å². The van der Waals surface area contributed by atoms with E-state index in [2.05, 4.69) is 18.0 Å². The summed E-state index contributed by atoms with van der Waals surface area (Å²) in [6, 6.07) is 11.7. The molecule has 3 rings (SSSR count). The minimum atomic E-state index is -0.871. The molecule has 0 saturated heterocycles. The predicted molar refractivity (Wildman–Crippen MR) is 110 cm³/mol. The van der Waals surface area contributed by atoms with Crippen LogP contribution in [-0.2, 0) is 14.3 Å². The van der Waals surface area contributed by atoms with E-state index < -0.39 is 4.75 Å². The highest BCUT2D eigenvalue weighted by Crippen LogP contribution is 2.46. The molecule has 0 aliphatic heterocycles. The summed E-state index contributed by atoms with van der Waals surface area (Å²) in [7, 11) is 0. The molecule has 3 aromatic rings. The molecule has 6 heteroatoms. The Kier molecular flexibility index (Phi) is 5.61. The largest absolute Gasteiger partial charge is 0.465 e. The van der Waals surface area contributed by atoms with Crippen molar-refractivity contribution in [3.8, 4) is 0 Å². The number of thioether (sulfide) groups is 1. The number of carbonyl (C=O) groups is 1. The Morgan fingerprint density at radius 3 is 2.81 bits per heavy atom. The molecule has 0 aliphatic rings. The average Bonchev–Trinajstić information content (AvgIpc) is 2.98. The standard InChI is InChI=1S/C20H20ClNO2S2/c1-5-24-18(23)20(4,15-8-6-7-12(2)13(15)3)26-19-22-16-11-14(21)9-10-17(16)25-19/h6-11H,5H2,1-4H3. The quantitative estimate of drug-likeness (QED) is 0.377. The zero-order valence-electron chi connectivity index (χ0n) is 15.1. The van der Waals surface area contributed by atoms with E-state index in [4.69, 9.17) is 16.3 Å². The molecule has 26 heavy (non-hydrogen) atoms. The number of nitrogens with zero attached hydrogens (tertiary/aromatic N) is 1. The first kappa shape index (κ1) is 19.2. The van der Waals surface area contributed by atoms with Gasteiger partial charge >= 0.3 is 5.97 Å². The van der Waals surface area contributed by atoms with Gasteiger partial charge in [0, 0.05) is 5.02 Å². The summed E-state index contributed by atoms with van der Waals surface area (Å²) in [6.45, 7) is 8.17. The number of aromatic nitrogens is 1. The number of rotatable bonds is 5. The maximum atomic E-state index is 12.9. The van der Waals surface area contributed by atoms with Crippen molar-refractivity contribution < 1.29 is 9.53 Å². The van der Waals surface area contributed by atoms with E-state index in [1.54, 1.807) is 11.3 Å². The minimum absolute atomic E-state index is 0.254. The van der Waals surface area contributed by atoms with Crippen LogP contribution in [0.2, 0.25) is 5.02 Å². The lowest BCUT2D eigenvalue weighted by Crippen LogP contribution is -2.32. The van der Waals surface area contributed by atoms with Gasteiger partial charge in [-0.2, -0.15) is 0 Å². The van der Waals surface area contributed by atoms with Gasteiger partial charge in [0.25, 0.3) is 0 Å². The van der Waals surface area contributed by atoms with E-state index in [0.717, 1.165) is 31.2 Å². The van der Waals surface area contributed by atoms with Crippen molar-refractivity contribution in [1.82, 2.24) is 4.98 Å². The molecular weight excluding hydrogens is 386 g/mol. The molecule has 2 aromatic carbocycles. The second kappa shape index (κ2) is 7.59. The highest BCUT2D eigenvalue weighted by Gasteiger charge is 2.40. The van der Waals surface area contributed by atoms with Crippen LogP contribution < -0.4 is 0 Å². The van der Waals surface area contributed by atoms with Gasteiger partial charge in [0.2, 0.25) is 0 Å². The SMILES string of the molecule is CCOC(=O)C(C)(Sc1nc2cc(Cl)ccc2s1)c1cccc(C)c1C. The number of esters is 1. The summed E-state index contributed by atoms with van der Waals surface area (Å²) in [6.07, 6.45) is 0. The second-order valence-corrected chi connectivity index (χ2v) is 9.33. The first-order valence-corrected chi connectivity index (χ1v) is 10.3. The van der Waals surface area contributed by atoms with Crippen LogP contribution in [-0.4, -0.2) is 17.6 Å². The van der Waals surface area contributed by atoms with Crippen molar-refractivity contribution in [2.75, 3.05) is 6.61 Å². The number of hydrogen-bond acceptors (Lipinski definition) is 5. The van der Waals surface area contributed by atoms with Gasteiger partial charge in [0.05, 0.1) is 16.8 Å². The average molecular weight is 406 g/mol. The molecule has 0 N–H and O–H groups in total. The van der Waals surface area contributed by atoms with Gasteiger partial charge in [0.15, 0.2) is 4.34 Å². The summed E-state index contributed by atoms with van der Waals surface area (Å²) >= 11 is 9.07. The Labute approximate surface area is 166 Å². The fraction of sp³-hybridized carbons (Fsp3) is 0.300. The van der Waals surface area contributed by atoms with Gasteiger partial charge in [-0.25, -0.2) is 4.98 Å². The zero-order valence-corrected chi connectivity index (χ0v) is 17.5. The second-order valence-electron chi connectivity index (χ2n) is 6.20. The van der Waals surface area contributed by atoms with Gasteiger partial charge in [-0.05, 0) is 62.6 Å². The van der Waals surface area contributed by atoms with E-state index in [0.29, 0.717) is 11.6 Å². The highest BCUT2D eigenvalue weighted by atomic mass is 35.5. The van der Waals surface area contributed by atoms with E-state index in [-0.39, 0.29) is 5.97 Å². The van der Waals surface area contributed by atoms with Crippen molar-refractivity contribution in [2.24, 2.45) is 0 Å². The maximum absolute atomic E-state index is 12.9. The van der Waals surface area contributed by atoms with Crippen LogP contribution >= 0.6 is 34.7 Å². The Bertz CT molecular complexity index is 970. The van der Waals surface area contributed by atoms with Crippen LogP contribution in [0.1, 0.15) is 30.5 Å². The molecule has 136 valence electrons. The summed E-state index contributed by atoms with van der Waals surface area (Å²) in [5.41, 5.74) is 4.05. The topological polar surface area (TPSA) is 39.2 Å². The van der Waals surface area contributed by atoms with E-state index in [1.165, 1.54) is 11.8 Å². The maximum Gasteiger partial charge on any atom is 0.326 e. The highest BCUT2D eigenvalue weighted by molar-refractivity contribution is 8.02. The lowest BCUT2D eigenvalue weighted by molar-refractivity contribution is -0.145. The number of thiazole rings is 1. The van der Waals surface area contributed by atoms with E-state index in [9.17, 15) is 4.79 Å². The van der Waals surface area contributed by atoms with Gasteiger partial charge in [-0.3, -0.25) is 4.79 Å². The third kappa shape index (κ3) is 3.61. The van der Waals surface area contributed by atoms with Gasteiger partial charge in [0.1, 0.15) is 4.75 Å². The monoisotopic (exact) mass is 405 g/mol. The molecule has 0 aliphatic carbocycles. The van der Waals surface area contributed by atoms with Gasteiger partial charge in [-0.15, -0.1) is 11.3 Å². The molecule has 0 bridgehead atoms. The van der Waals surface area contributed by atoms with Crippen LogP contribution in [0.15, 0.2) is 40.7 Å². The number of fused-ring (bicyclic) bond motifs is 1. The molecule has 1 atom stereocenters. The van der Waals surface area contributed by atoms with Crippen LogP contribution in [0.4, 0.5) is 0 Å². The molecule has 1 unspecified atom stereocenters. The molecule has 0 amide bonds. The predicted octanol–water partition coefficient (Wildman–Crippen LogP) is 6.14. The Morgan fingerprint density at radius 2 is 2.08 bits per heavy atom. The first-order valence-electron chi connectivity index (χ1n) is 8.34. The fourth-order valence-electron chi connectivity index (χ4n) is 2.84. The number of hydrogen-bond donors (Lipinski definition) is 0. The van der Waals surface area contributed by atoms with Gasteiger partial charge < -0.3 is 4.74 Å². The summed E-state index contributed by atoms with van der Waals surface area (Å²) < 4.78 is 6.41. The lowest BCUT2D eigenvalue weighted by atomic mass is 9.93. The Balaban J connectivity index is 2.08. The summed E-state index contributed by atoms with van der Waals surface area (Å²) in [5.74, 6) is -0.254. The smallest absolute Gasteiger partial charge is 0.326 e. The zero-order chi connectivity index (χ0) is 18.9. The molecule has 3 nitrogen and oxygen atoms in total. The van der Waals surface area contributed by atoms with Crippen molar-refractivity contribution in [2.45, 2.75) is 36.8 Å². The summed E-state index contributed by atoms with van der Waals surface area (Å²) in [4.78, 5) is 17.6. The van der Waals surface area contributed by atoms with Crippen LogP contribution in [0.3, 0.4) is 0 Å². The molecule has 0 fully saturated rings. The molecule has 0 radical (unpaired) electrons. The van der Waals surface area contributed by atoms with E-state index >= 15 is 0 Å². The van der Waals surface area contributed by atoms with Crippen LogP contribution in [0, 0.1) is 13.8 Å². The van der Waals surface area contributed by atoms with Crippen LogP contribution in [0.25, 0.3) is 10.2 Å². The Morgan fingerprint density at radius 1 is 1.31 bits per heavy atom. The van der Waals surface area contributed by atoms with E-state index in [1.807, 2.05) is 51.1 Å². The van der Waals surface area contributed by atoms with Crippen LogP contribution in [0.5, 0.6) is 0 Å². The third-order valence-corrected chi connectivity index (χ3v) is 7.03. The number of carbonyl (C=O) groups excluding carboxylic acids is 1. The normalized spacial score (nSPS) is 13.6. The molecular formula is C20H20ClNO2S2. The fourth-order valence-corrected chi connectivity index (χ4v) is 5.59. The molecule has 1 heterocycles. The van der Waals surface area contributed by atoms with Crippen molar-refractivity contribution in [1.29, 1.82) is 0 Å².